The fourth-order valence-corrected chi connectivity index (χ4v) is 3.31. The Hall–Kier alpha value is -3.06. The number of benzene rings is 1. The molecule has 1 amide bonds. The number of carbonyl (C=O) groups is 1. The van der Waals surface area contributed by atoms with Crippen molar-refractivity contribution in [3.8, 4) is 0 Å². The van der Waals surface area contributed by atoms with Gasteiger partial charge in [0.05, 0.1) is 18.4 Å². The lowest BCUT2D eigenvalue weighted by molar-refractivity contribution is 0.0947. The predicted molar refractivity (Wildman–Crippen MR) is 108 cm³/mol. The number of carbonyl (C=O) groups excluding carboxylic acids is 1. The number of anilines is 2. The number of halogens is 1. The molecule has 4 rings (SSSR count). The van der Waals surface area contributed by atoms with Crippen LogP contribution >= 0.6 is 11.6 Å². The van der Waals surface area contributed by atoms with Crippen LogP contribution in [0.1, 0.15) is 16.1 Å². The second-order valence-corrected chi connectivity index (χ2v) is 6.92. The topological polar surface area (TPSA) is 74.5 Å². The fraction of sp³-hybridized carbons (Fsp3) is 0.250. The molecule has 1 N–H and O–H groups in total. The largest absolute Gasteiger partial charge is 0.467 e. The van der Waals surface area contributed by atoms with Crippen LogP contribution in [-0.4, -0.2) is 42.1 Å². The van der Waals surface area contributed by atoms with Crippen LogP contribution in [0.3, 0.4) is 0 Å². The van der Waals surface area contributed by atoms with Crippen molar-refractivity contribution < 1.29 is 9.21 Å². The minimum atomic E-state index is -0.228. The van der Waals surface area contributed by atoms with E-state index < -0.39 is 0 Å². The average Bonchev–Trinajstić information content (AvgIpc) is 3.26. The molecular formula is C20H20ClN5O2. The number of aromatic nitrogens is 2. The number of piperazine rings is 1. The first-order valence-electron chi connectivity index (χ1n) is 9.07. The Labute approximate surface area is 167 Å². The summed E-state index contributed by atoms with van der Waals surface area (Å²) in [6.45, 7) is 3.65. The normalized spacial score (nSPS) is 14.2. The highest BCUT2D eigenvalue weighted by Crippen LogP contribution is 2.21. The maximum Gasteiger partial charge on any atom is 0.254 e. The number of furan rings is 1. The van der Waals surface area contributed by atoms with Gasteiger partial charge in [-0.1, -0.05) is 17.7 Å². The van der Waals surface area contributed by atoms with Crippen LogP contribution < -0.4 is 15.1 Å². The molecule has 8 heteroatoms. The van der Waals surface area contributed by atoms with Gasteiger partial charge < -0.3 is 19.5 Å². The molecule has 0 saturated carbocycles. The van der Waals surface area contributed by atoms with E-state index in [1.807, 2.05) is 24.3 Å². The molecule has 1 saturated heterocycles. The molecule has 3 heterocycles. The van der Waals surface area contributed by atoms with Gasteiger partial charge >= 0.3 is 0 Å². The molecule has 0 bridgehead atoms. The molecule has 3 aromatic rings. The Kier molecular flexibility index (Phi) is 5.43. The maximum atomic E-state index is 12.2. The van der Waals surface area contributed by atoms with Crippen LogP contribution in [0.5, 0.6) is 0 Å². The first-order valence-corrected chi connectivity index (χ1v) is 9.45. The zero-order chi connectivity index (χ0) is 19.3. The molecule has 7 nitrogen and oxygen atoms in total. The van der Waals surface area contributed by atoms with E-state index in [-0.39, 0.29) is 5.91 Å². The van der Waals surface area contributed by atoms with Gasteiger partial charge in [-0.05, 0) is 30.3 Å². The van der Waals surface area contributed by atoms with Crippen LogP contribution in [0.25, 0.3) is 0 Å². The van der Waals surface area contributed by atoms with Gasteiger partial charge in [0.15, 0.2) is 0 Å². The third-order valence-electron chi connectivity index (χ3n) is 4.64. The van der Waals surface area contributed by atoms with Gasteiger partial charge in [0.1, 0.15) is 5.76 Å². The Balaban J connectivity index is 1.32. The van der Waals surface area contributed by atoms with Gasteiger partial charge in [-0.2, -0.15) is 0 Å². The first-order chi connectivity index (χ1) is 13.7. The van der Waals surface area contributed by atoms with Crippen molar-refractivity contribution in [3.05, 3.63) is 71.4 Å². The third-order valence-corrected chi connectivity index (χ3v) is 4.87. The molecule has 0 spiro atoms. The lowest BCUT2D eigenvalue weighted by atomic mass is 10.2. The molecule has 144 valence electrons. The molecule has 28 heavy (non-hydrogen) atoms. The second-order valence-electron chi connectivity index (χ2n) is 6.49. The Morgan fingerprint density at radius 2 is 1.82 bits per heavy atom. The summed E-state index contributed by atoms with van der Waals surface area (Å²) in [6, 6.07) is 11.5. The number of amides is 1. The minimum Gasteiger partial charge on any atom is -0.467 e. The predicted octanol–water partition coefficient (Wildman–Crippen LogP) is 2.98. The van der Waals surface area contributed by atoms with E-state index in [1.54, 1.807) is 24.7 Å². The van der Waals surface area contributed by atoms with Gasteiger partial charge in [-0.3, -0.25) is 4.79 Å². The number of hydrogen-bond acceptors (Lipinski definition) is 6. The summed E-state index contributed by atoms with van der Waals surface area (Å²) >= 11 is 6.09. The van der Waals surface area contributed by atoms with E-state index in [9.17, 15) is 4.79 Å². The monoisotopic (exact) mass is 397 g/mol. The van der Waals surface area contributed by atoms with E-state index in [4.69, 9.17) is 16.0 Å². The highest BCUT2D eigenvalue weighted by molar-refractivity contribution is 6.30. The smallest absolute Gasteiger partial charge is 0.254 e. The Morgan fingerprint density at radius 3 is 2.50 bits per heavy atom. The molecule has 1 aromatic carbocycles. The average molecular weight is 398 g/mol. The highest BCUT2D eigenvalue weighted by atomic mass is 35.5. The molecule has 1 aliphatic heterocycles. The van der Waals surface area contributed by atoms with Crippen molar-refractivity contribution in [1.82, 2.24) is 15.3 Å². The first kappa shape index (κ1) is 18.3. The van der Waals surface area contributed by atoms with Crippen LogP contribution in [0, 0.1) is 0 Å². The number of nitrogens with one attached hydrogen (secondary N) is 1. The van der Waals surface area contributed by atoms with Crippen LogP contribution in [0.15, 0.2) is 59.5 Å². The van der Waals surface area contributed by atoms with Crippen molar-refractivity contribution in [2.75, 3.05) is 36.0 Å². The molecule has 2 aromatic heterocycles. The Morgan fingerprint density at radius 1 is 1.07 bits per heavy atom. The number of rotatable bonds is 5. The van der Waals surface area contributed by atoms with Crippen molar-refractivity contribution in [1.29, 1.82) is 0 Å². The van der Waals surface area contributed by atoms with Gasteiger partial charge in [0.2, 0.25) is 5.95 Å². The summed E-state index contributed by atoms with van der Waals surface area (Å²) in [5, 5.41) is 3.53. The summed E-state index contributed by atoms with van der Waals surface area (Å²) in [6.07, 6.45) is 4.69. The number of hydrogen-bond donors (Lipinski definition) is 1. The van der Waals surface area contributed by atoms with Crippen molar-refractivity contribution in [2.45, 2.75) is 6.54 Å². The molecule has 0 aliphatic carbocycles. The summed E-state index contributed by atoms with van der Waals surface area (Å²) in [5.74, 6) is 1.10. The van der Waals surface area contributed by atoms with Gasteiger partial charge in [0, 0.05) is 49.3 Å². The third kappa shape index (κ3) is 4.26. The Bertz CT molecular complexity index is 922. The minimum absolute atomic E-state index is 0.228. The standard InChI is InChI=1S/C20H20ClN5O2/c21-16-3-1-4-17(11-16)25-6-8-26(9-7-25)20-23-12-15(13-24-20)19(27)22-14-18-5-2-10-28-18/h1-5,10-13H,6-9,14H2,(H,22,27). The zero-order valence-corrected chi connectivity index (χ0v) is 16.0. The van der Waals surface area contributed by atoms with Gasteiger partial charge in [-0.25, -0.2) is 9.97 Å². The van der Waals surface area contributed by atoms with Crippen molar-refractivity contribution >= 4 is 29.1 Å². The fourth-order valence-electron chi connectivity index (χ4n) is 3.12. The van der Waals surface area contributed by atoms with Crippen LogP contribution in [0.4, 0.5) is 11.6 Å². The van der Waals surface area contributed by atoms with Gasteiger partial charge in [0.25, 0.3) is 5.91 Å². The highest BCUT2D eigenvalue weighted by Gasteiger charge is 2.20. The van der Waals surface area contributed by atoms with E-state index >= 15 is 0 Å². The molecular weight excluding hydrogens is 378 g/mol. The quantitative estimate of drug-likeness (QED) is 0.713. The maximum absolute atomic E-state index is 12.2. The van der Waals surface area contributed by atoms with E-state index in [1.165, 1.54) is 0 Å². The molecule has 1 fully saturated rings. The van der Waals surface area contributed by atoms with E-state index in [2.05, 4.69) is 31.2 Å². The second kappa shape index (κ2) is 8.31. The lowest BCUT2D eigenvalue weighted by Crippen LogP contribution is -2.47. The zero-order valence-electron chi connectivity index (χ0n) is 15.2. The van der Waals surface area contributed by atoms with Crippen molar-refractivity contribution in [2.24, 2.45) is 0 Å². The van der Waals surface area contributed by atoms with E-state index in [0.29, 0.717) is 23.8 Å². The van der Waals surface area contributed by atoms with Crippen LogP contribution in [0.2, 0.25) is 5.02 Å². The van der Waals surface area contributed by atoms with Crippen molar-refractivity contribution in [3.63, 3.8) is 0 Å². The summed E-state index contributed by atoms with van der Waals surface area (Å²) in [5.41, 5.74) is 1.55. The van der Waals surface area contributed by atoms with E-state index in [0.717, 1.165) is 36.9 Å². The molecule has 0 unspecified atom stereocenters. The summed E-state index contributed by atoms with van der Waals surface area (Å²) < 4.78 is 5.20. The van der Waals surface area contributed by atoms with Crippen LogP contribution in [-0.2, 0) is 6.54 Å². The number of nitrogens with zero attached hydrogens (tertiary/aromatic N) is 4. The lowest BCUT2D eigenvalue weighted by Gasteiger charge is -2.36. The molecule has 0 atom stereocenters. The molecule has 1 aliphatic rings. The van der Waals surface area contributed by atoms with Gasteiger partial charge in [-0.15, -0.1) is 0 Å². The SMILES string of the molecule is O=C(NCc1ccco1)c1cnc(N2CCN(c3cccc(Cl)c3)CC2)nc1. The molecule has 0 radical (unpaired) electrons. The summed E-state index contributed by atoms with van der Waals surface area (Å²) in [7, 11) is 0. The summed E-state index contributed by atoms with van der Waals surface area (Å²) in [4.78, 5) is 25.3.